The van der Waals surface area contributed by atoms with Crippen molar-refractivity contribution in [3.63, 3.8) is 0 Å². The number of aliphatic hydroxyl groups excluding tert-OH is 1. The van der Waals surface area contributed by atoms with Gasteiger partial charge in [0.1, 0.15) is 24.5 Å². The number of alkyl carbamates (subject to hydrolysis) is 1. The van der Waals surface area contributed by atoms with E-state index in [0.29, 0.717) is 11.4 Å². The molecule has 1 aliphatic rings. The Kier molecular flexibility index (Phi) is 8.89. The fraction of sp³-hybridized carbons (Fsp3) is 0.367. The quantitative estimate of drug-likeness (QED) is 0.408. The van der Waals surface area contributed by atoms with E-state index < -0.39 is 29.9 Å². The maximum Gasteiger partial charge on any atom is 0.407 e. The summed E-state index contributed by atoms with van der Waals surface area (Å²) in [6, 6.07) is 17.8. The van der Waals surface area contributed by atoms with Crippen LogP contribution in [-0.4, -0.2) is 58.0 Å². The number of likely N-dealkylation sites (tertiary alicyclic amines) is 1. The van der Waals surface area contributed by atoms with Gasteiger partial charge in [0.15, 0.2) is 11.5 Å². The highest BCUT2D eigenvalue weighted by atomic mass is 19.1. The van der Waals surface area contributed by atoms with Crippen LogP contribution < -0.4 is 14.8 Å². The van der Waals surface area contributed by atoms with E-state index in [-0.39, 0.29) is 43.4 Å². The average Bonchev–Trinajstić information content (AvgIpc) is 3.23. The smallest absolute Gasteiger partial charge is 0.407 e. The summed E-state index contributed by atoms with van der Waals surface area (Å²) in [6.07, 6.45) is -3.25. The highest BCUT2D eigenvalue weighted by Crippen LogP contribution is 2.34. The van der Waals surface area contributed by atoms with E-state index >= 15 is 0 Å². The van der Waals surface area contributed by atoms with E-state index in [9.17, 15) is 19.1 Å². The zero-order valence-electron chi connectivity index (χ0n) is 23.0. The van der Waals surface area contributed by atoms with Gasteiger partial charge >= 0.3 is 6.09 Å². The Hall–Kier alpha value is -4.18. The molecule has 2 N–H and O–H groups in total. The van der Waals surface area contributed by atoms with Gasteiger partial charge in [0, 0.05) is 30.4 Å². The molecule has 0 bridgehead atoms. The predicted molar refractivity (Wildman–Crippen MR) is 146 cm³/mol. The molecule has 2 atom stereocenters. The third-order valence-corrected chi connectivity index (χ3v) is 5.97. The molecular weight excluding hydrogens is 517 g/mol. The van der Waals surface area contributed by atoms with Gasteiger partial charge in [0.05, 0.1) is 6.54 Å². The van der Waals surface area contributed by atoms with Crippen LogP contribution in [0.25, 0.3) is 0 Å². The molecular formula is C30H34FN3O6. The first-order valence-electron chi connectivity index (χ1n) is 13.0. The van der Waals surface area contributed by atoms with Crippen molar-refractivity contribution in [2.45, 2.75) is 58.7 Å². The number of pyridine rings is 1. The topological polar surface area (TPSA) is 110 Å². The molecule has 1 aromatic heterocycles. The van der Waals surface area contributed by atoms with Crippen molar-refractivity contribution in [1.29, 1.82) is 0 Å². The summed E-state index contributed by atoms with van der Waals surface area (Å²) >= 11 is 0. The number of nitrogens with one attached hydrogen (secondary N) is 1. The molecule has 40 heavy (non-hydrogen) atoms. The minimum absolute atomic E-state index is 0.0874. The number of amides is 2. The maximum absolute atomic E-state index is 13.9. The van der Waals surface area contributed by atoms with Gasteiger partial charge in [-0.15, -0.1) is 0 Å². The number of benzene rings is 2. The van der Waals surface area contributed by atoms with Crippen LogP contribution in [0.4, 0.5) is 9.18 Å². The van der Waals surface area contributed by atoms with Crippen molar-refractivity contribution in [3.05, 3.63) is 83.0 Å². The van der Waals surface area contributed by atoms with Gasteiger partial charge < -0.3 is 29.5 Å². The summed E-state index contributed by atoms with van der Waals surface area (Å²) in [5.74, 6) is 0.415. The van der Waals surface area contributed by atoms with Crippen LogP contribution in [0.3, 0.4) is 0 Å². The van der Waals surface area contributed by atoms with Crippen LogP contribution in [0.5, 0.6) is 17.4 Å². The fourth-order valence-corrected chi connectivity index (χ4v) is 4.13. The van der Waals surface area contributed by atoms with Crippen LogP contribution in [0.15, 0.2) is 60.7 Å². The van der Waals surface area contributed by atoms with Crippen LogP contribution in [-0.2, 0) is 17.9 Å². The highest BCUT2D eigenvalue weighted by molar-refractivity contribution is 5.95. The van der Waals surface area contributed by atoms with Crippen molar-refractivity contribution in [1.82, 2.24) is 15.2 Å². The number of aromatic nitrogens is 1. The lowest BCUT2D eigenvalue weighted by molar-refractivity contribution is 0.0523. The van der Waals surface area contributed by atoms with Crippen LogP contribution in [0, 0.1) is 6.92 Å². The number of β-amino-alcohol motifs (C(OH)–C–C–N with tert-alkyl or cyclic N) is 1. The largest absolute Gasteiger partial charge is 0.485 e. The molecule has 3 aromatic rings. The van der Waals surface area contributed by atoms with E-state index in [4.69, 9.17) is 14.2 Å². The van der Waals surface area contributed by atoms with Crippen molar-refractivity contribution >= 4 is 12.0 Å². The molecule has 2 heterocycles. The van der Waals surface area contributed by atoms with Crippen molar-refractivity contribution < 1.29 is 33.3 Å². The molecule has 0 radical (unpaired) electrons. The van der Waals surface area contributed by atoms with E-state index in [0.717, 1.165) is 11.1 Å². The third kappa shape index (κ3) is 7.92. The van der Waals surface area contributed by atoms with Crippen molar-refractivity contribution in [2.24, 2.45) is 0 Å². The number of rotatable bonds is 8. The van der Waals surface area contributed by atoms with Gasteiger partial charge in [-0.1, -0.05) is 30.3 Å². The molecule has 1 aliphatic heterocycles. The summed E-state index contributed by atoms with van der Waals surface area (Å²) in [5.41, 5.74) is 1.95. The molecule has 2 amide bonds. The molecule has 10 heteroatoms. The van der Waals surface area contributed by atoms with E-state index in [1.54, 1.807) is 45.9 Å². The molecule has 2 aromatic carbocycles. The second-order valence-corrected chi connectivity index (χ2v) is 10.6. The van der Waals surface area contributed by atoms with Gasteiger partial charge in [0.25, 0.3) is 5.91 Å². The molecule has 2 unspecified atom stereocenters. The molecule has 0 aliphatic carbocycles. The third-order valence-electron chi connectivity index (χ3n) is 5.97. The summed E-state index contributed by atoms with van der Waals surface area (Å²) < 4.78 is 31.3. The zero-order chi connectivity index (χ0) is 28.9. The predicted octanol–water partition coefficient (Wildman–Crippen LogP) is 4.94. The van der Waals surface area contributed by atoms with Gasteiger partial charge in [-0.3, -0.25) is 4.79 Å². The second-order valence-electron chi connectivity index (χ2n) is 10.6. The Bertz CT molecular complexity index is 1340. The standard InChI is InChI=1S/C30H34FN3O6/c1-19-12-21(15-32-29(37)40-30(2,3)4)13-27(33-19)39-26-14-22(28(36)34-16-23(31)24(35)17-34)10-11-25(26)38-18-20-8-6-5-7-9-20/h5-14,23-24,35H,15-18H2,1-4H3,(H,32,37). The van der Waals surface area contributed by atoms with Crippen LogP contribution >= 0.6 is 0 Å². The minimum atomic E-state index is -1.49. The Morgan fingerprint density at radius 1 is 1.05 bits per heavy atom. The Morgan fingerprint density at radius 2 is 1.80 bits per heavy atom. The maximum atomic E-state index is 13.9. The number of ether oxygens (including phenoxy) is 3. The first-order valence-corrected chi connectivity index (χ1v) is 13.0. The Morgan fingerprint density at radius 3 is 2.48 bits per heavy atom. The van der Waals surface area contributed by atoms with E-state index in [2.05, 4.69) is 10.3 Å². The summed E-state index contributed by atoms with van der Waals surface area (Å²) in [7, 11) is 0. The lowest BCUT2D eigenvalue weighted by atomic mass is 10.1. The summed E-state index contributed by atoms with van der Waals surface area (Å²) in [5, 5.41) is 12.5. The number of alkyl halides is 1. The number of aliphatic hydroxyl groups is 1. The van der Waals surface area contributed by atoms with Crippen molar-refractivity contribution in [3.8, 4) is 17.4 Å². The van der Waals surface area contributed by atoms with Crippen molar-refractivity contribution in [2.75, 3.05) is 13.1 Å². The number of hydrogen-bond donors (Lipinski definition) is 2. The minimum Gasteiger partial charge on any atom is -0.485 e. The number of carbonyl (C=O) groups excluding carboxylic acids is 2. The lowest BCUT2D eigenvalue weighted by Gasteiger charge is -2.20. The summed E-state index contributed by atoms with van der Waals surface area (Å²) in [6.45, 7) is 7.33. The number of nitrogens with zero attached hydrogens (tertiary/aromatic N) is 2. The monoisotopic (exact) mass is 551 g/mol. The fourth-order valence-electron chi connectivity index (χ4n) is 4.13. The molecule has 9 nitrogen and oxygen atoms in total. The SMILES string of the molecule is Cc1cc(CNC(=O)OC(C)(C)C)cc(Oc2cc(C(=O)N3CC(O)C(F)C3)ccc2OCc2ccccc2)n1. The van der Waals surface area contributed by atoms with E-state index in [1.165, 1.54) is 11.0 Å². The number of aryl methyl sites for hydroxylation is 1. The zero-order valence-corrected chi connectivity index (χ0v) is 23.0. The number of hydrogen-bond acceptors (Lipinski definition) is 7. The first kappa shape index (κ1) is 28.8. The molecule has 4 rings (SSSR count). The van der Waals surface area contributed by atoms with E-state index in [1.807, 2.05) is 36.4 Å². The molecule has 1 saturated heterocycles. The molecule has 212 valence electrons. The molecule has 0 spiro atoms. The molecule has 1 fully saturated rings. The van der Waals surface area contributed by atoms with Gasteiger partial charge in [-0.2, -0.15) is 0 Å². The Balaban J connectivity index is 1.57. The average molecular weight is 552 g/mol. The number of halogens is 1. The highest BCUT2D eigenvalue weighted by Gasteiger charge is 2.34. The lowest BCUT2D eigenvalue weighted by Crippen LogP contribution is -2.32. The van der Waals surface area contributed by atoms with Gasteiger partial charge in [-0.25, -0.2) is 14.2 Å². The first-order chi connectivity index (χ1) is 19.0. The van der Waals surface area contributed by atoms with Gasteiger partial charge in [0.2, 0.25) is 5.88 Å². The second kappa shape index (κ2) is 12.3. The van der Waals surface area contributed by atoms with Crippen LogP contribution in [0.1, 0.15) is 48.0 Å². The normalized spacial score (nSPS) is 16.9. The Labute approximate surface area is 232 Å². The summed E-state index contributed by atoms with van der Waals surface area (Å²) in [4.78, 5) is 30.9. The number of carbonyl (C=O) groups is 2. The molecule has 0 saturated carbocycles. The van der Waals surface area contributed by atoms with Gasteiger partial charge in [-0.05, 0) is 63.1 Å². The van der Waals surface area contributed by atoms with Crippen LogP contribution in [0.2, 0.25) is 0 Å².